The number of aliphatic carboxylic acids is 3. The van der Waals surface area contributed by atoms with Gasteiger partial charge in [0.25, 0.3) is 0 Å². The summed E-state index contributed by atoms with van der Waals surface area (Å²) >= 11 is 0. The highest BCUT2D eigenvalue weighted by Gasteiger charge is 2.39. The summed E-state index contributed by atoms with van der Waals surface area (Å²) in [6.07, 6.45) is 3.45. The monoisotopic (exact) mass is 868 g/mol. The van der Waals surface area contributed by atoms with Crippen LogP contribution in [0, 0.1) is 12.8 Å². The number of imidazole rings is 1. The van der Waals surface area contributed by atoms with Crippen LogP contribution in [0.5, 0.6) is 0 Å². The van der Waals surface area contributed by atoms with E-state index in [0.29, 0.717) is 25.8 Å². The second kappa shape index (κ2) is 26.8. The van der Waals surface area contributed by atoms with Gasteiger partial charge in [-0.15, -0.1) is 0 Å². The molecule has 1 heterocycles. The maximum atomic E-state index is 13.2. The number of nitrogens with zero attached hydrogens (tertiary/aromatic N) is 2. The van der Waals surface area contributed by atoms with Crippen LogP contribution in [0.4, 0.5) is 26.3 Å². The number of carbonyl (C=O) groups is 6. The Labute approximate surface area is 342 Å². The number of hydrogen-bond donors (Lipinski definition) is 8. The molecule has 0 unspecified atom stereocenters. The van der Waals surface area contributed by atoms with Gasteiger partial charge in [0, 0.05) is 18.9 Å². The lowest BCUT2D eigenvalue weighted by molar-refractivity contribution is -0.193. The van der Waals surface area contributed by atoms with Crippen molar-refractivity contribution in [1.82, 2.24) is 25.5 Å². The zero-order valence-corrected chi connectivity index (χ0v) is 33.1. The van der Waals surface area contributed by atoms with E-state index < -0.39 is 72.7 Å². The summed E-state index contributed by atoms with van der Waals surface area (Å²) in [6.45, 7) is 2.66. The first-order valence-corrected chi connectivity index (χ1v) is 19.2. The number of hydrogen-bond acceptors (Lipinski definition) is 9. The van der Waals surface area contributed by atoms with Gasteiger partial charge in [-0.3, -0.25) is 14.4 Å². The average molecular weight is 869 g/mol. The third kappa shape index (κ3) is 21.7. The molecule has 0 bridgehead atoms. The number of carboxylic acids is 3. The Kier molecular flexibility index (Phi) is 23.5. The number of aliphatic hydroxyl groups is 1. The topological polar surface area (TPSA) is 263 Å². The number of unbranched alkanes of at least 4 members (excludes halogenated alkanes) is 2. The van der Waals surface area contributed by atoms with Crippen molar-refractivity contribution in [2.75, 3.05) is 13.2 Å². The van der Waals surface area contributed by atoms with Crippen LogP contribution in [-0.4, -0.2) is 109 Å². The van der Waals surface area contributed by atoms with Crippen LogP contribution >= 0.6 is 0 Å². The Balaban J connectivity index is 0.00000110. The molecular formula is C38H54F6N6O10. The molecule has 3 rings (SSSR count). The van der Waals surface area contributed by atoms with Gasteiger partial charge in [-0.05, 0) is 75.5 Å². The number of benzene rings is 1. The molecule has 1 aliphatic rings. The number of nitrogens with one attached hydrogen (secondary N) is 3. The quantitative estimate of drug-likeness (QED) is 0.0701. The standard InChI is InChI=1S/C34H52N6O6.2C2HF3O2/c1-24-36-18-20-40(24)19-8-6-9-25-13-15-27(16-14-25)22-31(42)37-30(23-41)33(44)38-28(12-5-7-17-35)32(43)39-29(34(45)46)21-26-10-3-2-4-11-26;2*3-2(4,5)1(6)7/h13-16,18,20,26,28-30,41H,2-12,17,19,21-23,35H2,1H3,(H,37,42)(H,38,44)(H,39,43)(H,45,46);2*(H,6,7)/t28-,29+,30-;;/m0../s1. The van der Waals surface area contributed by atoms with E-state index in [9.17, 15) is 55.7 Å². The largest absolute Gasteiger partial charge is 0.490 e. The van der Waals surface area contributed by atoms with E-state index >= 15 is 0 Å². The molecule has 60 heavy (non-hydrogen) atoms. The highest BCUT2D eigenvalue weighted by atomic mass is 19.4. The van der Waals surface area contributed by atoms with Crippen molar-refractivity contribution in [2.24, 2.45) is 11.7 Å². The molecule has 1 aromatic carbocycles. The molecule has 3 amide bonds. The minimum atomic E-state index is -5.08. The number of halogens is 6. The van der Waals surface area contributed by atoms with Crippen LogP contribution in [0.2, 0.25) is 0 Å². The van der Waals surface area contributed by atoms with Gasteiger partial charge < -0.3 is 46.7 Å². The summed E-state index contributed by atoms with van der Waals surface area (Å²) in [5.41, 5.74) is 7.55. The minimum absolute atomic E-state index is 0.0197. The van der Waals surface area contributed by atoms with Gasteiger partial charge in [0.05, 0.1) is 13.0 Å². The smallest absolute Gasteiger partial charge is 0.480 e. The van der Waals surface area contributed by atoms with Gasteiger partial charge in [0.2, 0.25) is 17.7 Å². The van der Waals surface area contributed by atoms with Crippen LogP contribution in [0.3, 0.4) is 0 Å². The van der Waals surface area contributed by atoms with Crippen LogP contribution in [-0.2, 0) is 48.2 Å². The molecule has 3 atom stereocenters. The van der Waals surface area contributed by atoms with Gasteiger partial charge >= 0.3 is 30.3 Å². The lowest BCUT2D eigenvalue weighted by Gasteiger charge is -2.27. The molecule has 1 fully saturated rings. The second-order valence-corrected chi connectivity index (χ2v) is 14.0. The first-order valence-electron chi connectivity index (χ1n) is 19.2. The van der Waals surface area contributed by atoms with E-state index in [1.165, 1.54) is 5.56 Å². The molecule has 22 heteroatoms. The summed E-state index contributed by atoms with van der Waals surface area (Å²) in [6, 6.07) is 4.38. The molecule has 9 N–H and O–H groups in total. The Morgan fingerprint density at radius 2 is 1.32 bits per heavy atom. The maximum absolute atomic E-state index is 13.2. The number of alkyl halides is 6. The normalized spacial score (nSPS) is 14.5. The lowest BCUT2D eigenvalue weighted by Crippen LogP contribution is -2.56. The lowest BCUT2D eigenvalue weighted by atomic mass is 9.84. The highest BCUT2D eigenvalue weighted by Crippen LogP contribution is 2.27. The van der Waals surface area contributed by atoms with Crippen molar-refractivity contribution in [3.05, 3.63) is 53.6 Å². The van der Waals surface area contributed by atoms with Crippen molar-refractivity contribution in [2.45, 2.75) is 127 Å². The molecule has 0 spiro atoms. The summed E-state index contributed by atoms with van der Waals surface area (Å²) in [5.74, 6) is -7.16. The van der Waals surface area contributed by atoms with E-state index in [0.717, 1.165) is 69.3 Å². The highest BCUT2D eigenvalue weighted by molar-refractivity contribution is 5.93. The van der Waals surface area contributed by atoms with Gasteiger partial charge in [0.1, 0.15) is 23.9 Å². The van der Waals surface area contributed by atoms with Crippen LogP contribution in [0.1, 0.15) is 87.6 Å². The van der Waals surface area contributed by atoms with Crippen LogP contribution in [0.15, 0.2) is 36.7 Å². The number of carbonyl (C=O) groups excluding carboxylic acids is 3. The number of aryl methyl sites for hydroxylation is 3. The van der Waals surface area contributed by atoms with Crippen molar-refractivity contribution >= 4 is 35.6 Å². The summed E-state index contributed by atoms with van der Waals surface area (Å²) in [4.78, 5) is 73.1. The number of rotatable bonds is 20. The van der Waals surface area contributed by atoms with Crippen LogP contribution < -0.4 is 21.7 Å². The second-order valence-electron chi connectivity index (χ2n) is 14.0. The zero-order valence-electron chi connectivity index (χ0n) is 33.1. The first kappa shape index (κ1) is 52.8. The number of carboxylic acid groups (broad SMARTS) is 3. The molecule has 338 valence electrons. The third-order valence-electron chi connectivity index (χ3n) is 9.23. The Bertz CT molecular complexity index is 1630. The van der Waals surface area contributed by atoms with Gasteiger partial charge in [0.15, 0.2) is 0 Å². The number of amides is 3. The van der Waals surface area contributed by atoms with Crippen molar-refractivity contribution in [3.63, 3.8) is 0 Å². The Morgan fingerprint density at radius 1 is 0.783 bits per heavy atom. The fraction of sp³-hybridized carbons (Fsp3) is 0.605. The first-order chi connectivity index (χ1) is 28.1. The predicted octanol–water partition coefficient (Wildman–Crippen LogP) is 3.65. The molecule has 1 aromatic heterocycles. The molecule has 0 saturated heterocycles. The van der Waals surface area contributed by atoms with E-state index in [-0.39, 0.29) is 18.8 Å². The molecule has 2 aromatic rings. The molecule has 1 saturated carbocycles. The molecule has 16 nitrogen and oxygen atoms in total. The van der Waals surface area contributed by atoms with Crippen LogP contribution in [0.25, 0.3) is 0 Å². The van der Waals surface area contributed by atoms with E-state index in [1.54, 1.807) is 6.20 Å². The Morgan fingerprint density at radius 3 is 1.80 bits per heavy atom. The third-order valence-corrected chi connectivity index (χ3v) is 9.23. The minimum Gasteiger partial charge on any atom is -0.480 e. The SMILES string of the molecule is Cc1nccn1CCCCc1ccc(CC(=O)N[C@@H](CO)C(=O)N[C@@H](CCCCN)C(=O)N[C@H](CC2CCCCC2)C(=O)O)cc1.O=C(O)C(F)(F)F.O=C(O)C(F)(F)F. The van der Waals surface area contributed by atoms with Gasteiger partial charge in [-0.25, -0.2) is 19.4 Å². The number of nitrogens with two attached hydrogens (primary N) is 1. The summed E-state index contributed by atoms with van der Waals surface area (Å²) < 4.78 is 65.6. The summed E-state index contributed by atoms with van der Waals surface area (Å²) in [7, 11) is 0. The van der Waals surface area contributed by atoms with E-state index in [2.05, 4.69) is 25.5 Å². The molecule has 1 aliphatic carbocycles. The molecular weight excluding hydrogens is 814 g/mol. The Hall–Kier alpha value is -5.25. The number of aromatic nitrogens is 2. The van der Waals surface area contributed by atoms with Gasteiger partial charge in [-0.1, -0.05) is 56.4 Å². The van der Waals surface area contributed by atoms with Crippen molar-refractivity contribution in [3.8, 4) is 0 Å². The predicted molar refractivity (Wildman–Crippen MR) is 202 cm³/mol. The van der Waals surface area contributed by atoms with Crippen molar-refractivity contribution in [1.29, 1.82) is 0 Å². The summed E-state index contributed by atoms with van der Waals surface area (Å²) in [5, 5.41) is 41.7. The zero-order chi connectivity index (χ0) is 45.5. The maximum Gasteiger partial charge on any atom is 0.490 e. The number of aliphatic hydroxyl groups excluding tert-OH is 1. The fourth-order valence-electron chi connectivity index (χ4n) is 5.98. The average Bonchev–Trinajstić information content (AvgIpc) is 3.59. The molecule has 0 radical (unpaired) electrons. The van der Waals surface area contributed by atoms with Gasteiger partial charge in [-0.2, -0.15) is 26.3 Å². The van der Waals surface area contributed by atoms with E-state index in [4.69, 9.17) is 25.5 Å². The van der Waals surface area contributed by atoms with Crippen molar-refractivity contribution < 1.29 is 75.5 Å². The van der Waals surface area contributed by atoms with E-state index in [1.807, 2.05) is 37.4 Å². The fourth-order valence-corrected chi connectivity index (χ4v) is 5.98. The molecule has 0 aliphatic heterocycles.